The summed E-state index contributed by atoms with van der Waals surface area (Å²) < 4.78 is 18.8. The summed E-state index contributed by atoms with van der Waals surface area (Å²) in [4.78, 5) is 20.2. The van der Waals surface area contributed by atoms with Crippen molar-refractivity contribution in [1.82, 2.24) is 9.88 Å². The van der Waals surface area contributed by atoms with E-state index in [2.05, 4.69) is 4.98 Å². The van der Waals surface area contributed by atoms with Crippen LogP contribution < -0.4 is 9.64 Å². The van der Waals surface area contributed by atoms with E-state index >= 15 is 0 Å². The molecule has 2 heterocycles. The standard InChI is InChI=1S/C15H22FN3O2/c1-10(2)15(20)19-7-5-18(6-8-19)14-13(21-4)9-12(16)11(3)17-14/h9-10H,5-8H2,1-4H3. The van der Waals surface area contributed by atoms with Gasteiger partial charge in [-0.15, -0.1) is 0 Å². The molecule has 0 bridgehead atoms. The van der Waals surface area contributed by atoms with Crippen molar-refractivity contribution in [3.8, 4) is 5.75 Å². The number of piperazine rings is 1. The first-order valence-corrected chi connectivity index (χ1v) is 7.19. The van der Waals surface area contributed by atoms with Gasteiger partial charge >= 0.3 is 0 Å². The molecule has 0 atom stereocenters. The highest BCUT2D eigenvalue weighted by atomic mass is 19.1. The summed E-state index contributed by atoms with van der Waals surface area (Å²) in [7, 11) is 1.51. The van der Waals surface area contributed by atoms with Gasteiger partial charge in [0.15, 0.2) is 11.6 Å². The monoisotopic (exact) mass is 295 g/mol. The SMILES string of the molecule is COc1cc(F)c(C)nc1N1CCN(C(=O)C(C)C)CC1. The van der Waals surface area contributed by atoms with Gasteiger partial charge in [0.05, 0.1) is 12.8 Å². The Hall–Kier alpha value is -1.85. The molecule has 116 valence electrons. The van der Waals surface area contributed by atoms with Crippen molar-refractivity contribution in [3.63, 3.8) is 0 Å². The van der Waals surface area contributed by atoms with Crippen molar-refractivity contribution >= 4 is 11.7 Å². The van der Waals surface area contributed by atoms with E-state index in [4.69, 9.17) is 4.74 Å². The number of amides is 1. The summed E-state index contributed by atoms with van der Waals surface area (Å²) in [6.45, 7) is 8.10. The molecule has 0 radical (unpaired) electrons. The van der Waals surface area contributed by atoms with Crippen molar-refractivity contribution in [2.24, 2.45) is 5.92 Å². The van der Waals surface area contributed by atoms with Crippen LogP contribution >= 0.6 is 0 Å². The van der Waals surface area contributed by atoms with Crippen LogP contribution in [0.2, 0.25) is 0 Å². The lowest BCUT2D eigenvalue weighted by atomic mass is 10.1. The second kappa shape index (κ2) is 6.28. The van der Waals surface area contributed by atoms with Crippen LogP contribution in [0.25, 0.3) is 0 Å². The number of carbonyl (C=O) groups is 1. The van der Waals surface area contributed by atoms with E-state index < -0.39 is 0 Å². The molecule has 0 saturated carbocycles. The van der Waals surface area contributed by atoms with Crippen LogP contribution in [-0.4, -0.2) is 49.1 Å². The van der Waals surface area contributed by atoms with E-state index in [0.717, 1.165) is 0 Å². The van der Waals surface area contributed by atoms with Crippen LogP contribution in [0.4, 0.5) is 10.2 Å². The Balaban J connectivity index is 2.12. The molecule has 0 aliphatic carbocycles. The van der Waals surface area contributed by atoms with Gasteiger partial charge in [-0.2, -0.15) is 0 Å². The predicted molar refractivity (Wildman–Crippen MR) is 79.1 cm³/mol. The number of aromatic nitrogens is 1. The number of hydrogen-bond acceptors (Lipinski definition) is 4. The van der Waals surface area contributed by atoms with Crippen molar-refractivity contribution < 1.29 is 13.9 Å². The zero-order chi connectivity index (χ0) is 15.6. The maximum Gasteiger partial charge on any atom is 0.225 e. The van der Waals surface area contributed by atoms with Crippen LogP contribution in [0.5, 0.6) is 5.75 Å². The fourth-order valence-corrected chi connectivity index (χ4v) is 2.43. The zero-order valence-corrected chi connectivity index (χ0v) is 13.0. The maximum atomic E-state index is 13.6. The third kappa shape index (κ3) is 3.25. The molecular weight excluding hydrogens is 273 g/mol. The molecule has 1 aliphatic heterocycles. The fraction of sp³-hybridized carbons (Fsp3) is 0.600. The van der Waals surface area contributed by atoms with Gasteiger partial charge in [0, 0.05) is 38.2 Å². The Kier molecular flexibility index (Phi) is 4.65. The van der Waals surface area contributed by atoms with Crippen LogP contribution in [0.15, 0.2) is 6.07 Å². The number of halogens is 1. The molecule has 1 aromatic rings. The maximum absolute atomic E-state index is 13.6. The Morgan fingerprint density at radius 1 is 1.33 bits per heavy atom. The fourth-order valence-electron chi connectivity index (χ4n) is 2.43. The van der Waals surface area contributed by atoms with Gasteiger partial charge in [0.1, 0.15) is 5.82 Å². The number of methoxy groups -OCH3 is 1. The predicted octanol–water partition coefficient (Wildman–Crippen LogP) is 1.84. The lowest BCUT2D eigenvalue weighted by Crippen LogP contribution is -2.50. The van der Waals surface area contributed by atoms with Gasteiger partial charge in [-0.3, -0.25) is 4.79 Å². The zero-order valence-electron chi connectivity index (χ0n) is 13.0. The van der Waals surface area contributed by atoms with Crippen LogP contribution in [0.3, 0.4) is 0 Å². The Morgan fingerprint density at radius 3 is 2.48 bits per heavy atom. The summed E-state index contributed by atoms with van der Waals surface area (Å²) in [6.07, 6.45) is 0. The van der Waals surface area contributed by atoms with Crippen LogP contribution in [0.1, 0.15) is 19.5 Å². The number of pyridine rings is 1. The third-order valence-electron chi connectivity index (χ3n) is 3.70. The second-order valence-corrected chi connectivity index (χ2v) is 5.55. The van der Waals surface area contributed by atoms with Crippen LogP contribution in [-0.2, 0) is 4.79 Å². The molecule has 0 N–H and O–H groups in total. The molecular formula is C15H22FN3O2. The molecule has 0 spiro atoms. The Bertz CT molecular complexity index is 526. The molecule has 21 heavy (non-hydrogen) atoms. The van der Waals surface area contributed by atoms with E-state index in [-0.39, 0.29) is 17.6 Å². The van der Waals surface area contributed by atoms with E-state index in [1.807, 2.05) is 23.6 Å². The molecule has 2 rings (SSSR count). The lowest BCUT2D eigenvalue weighted by molar-refractivity contribution is -0.134. The smallest absolute Gasteiger partial charge is 0.225 e. The summed E-state index contributed by atoms with van der Waals surface area (Å²) in [5.41, 5.74) is 0.353. The van der Waals surface area contributed by atoms with E-state index in [1.54, 1.807) is 6.92 Å². The summed E-state index contributed by atoms with van der Waals surface area (Å²) in [6, 6.07) is 1.36. The quantitative estimate of drug-likeness (QED) is 0.853. The molecule has 1 fully saturated rings. The first-order valence-electron chi connectivity index (χ1n) is 7.19. The van der Waals surface area contributed by atoms with Gasteiger partial charge in [-0.1, -0.05) is 13.8 Å². The summed E-state index contributed by atoms with van der Waals surface area (Å²) in [5, 5.41) is 0. The number of rotatable bonds is 3. The van der Waals surface area contributed by atoms with E-state index in [9.17, 15) is 9.18 Å². The molecule has 0 aromatic carbocycles. The van der Waals surface area contributed by atoms with Crippen molar-refractivity contribution in [2.75, 3.05) is 38.2 Å². The molecule has 6 heteroatoms. The van der Waals surface area contributed by atoms with Gasteiger partial charge < -0.3 is 14.5 Å². The molecule has 1 aliphatic rings. The van der Waals surface area contributed by atoms with Crippen molar-refractivity contribution in [3.05, 3.63) is 17.6 Å². The Labute approximate surface area is 124 Å². The number of nitrogens with zero attached hydrogens (tertiary/aromatic N) is 3. The van der Waals surface area contributed by atoms with E-state index in [0.29, 0.717) is 43.4 Å². The molecule has 1 saturated heterocycles. The summed E-state index contributed by atoms with van der Waals surface area (Å²) >= 11 is 0. The van der Waals surface area contributed by atoms with Gasteiger partial charge in [0.2, 0.25) is 5.91 Å². The second-order valence-electron chi connectivity index (χ2n) is 5.55. The third-order valence-corrected chi connectivity index (χ3v) is 3.70. The highest BCUT2D eigenvalue weighted by Crippen LogP contribution is 2.28. The van der Waals surface area contributed by atoms with E-state index in [1.165, 1.54) is 13.2 Å². The average Bonchev–Trinajstić information content (AvgIpc) is 2.49. The number of ether oxygens (including phenoxy) is 1. The molecule has 0 unspecified atom stereocenters. The normalized spacial score (nSPS) is 15.5. The van der Waals surface area contributed by atoms with Crippen LogP contribution in [0, 0.1) is 18.7 Å². The number of aryl methyl sites for hydroxylation is 1. The van der Waals surface area contributed by atoms with Crippen molar-refractivity contribution in [1.29, 1.82) is 0 Å². The first-order chi connectivity index (χ1) is 9.93. The topological polar surface area (TPSA) is 45.7 Å². The molecule has 1 amide bonds. The highest BCUT2D eigenvalue weighted by Gasteiger charge is 2.25. The van der Waals surface area contributed by atoms with Gasteiger partial charge in [-0.25, -0.2) is 9.37 Å². The number of anilines is 1. The number of carbonyl (C=O) groups excluding carboxylic acids is 1. The minimum atomic E-state index is -0.371. The van der Waals surface area contributed by atoms with Crippen molar-refractivity contribution in [2.45, 2.75) is 20.8 Å². The largest absolute Gasteiger partial charge is 0.493 e. The number of hydrogen-bond donors (Lipinski definition) is 0. The lowest BCUT2D eigenvalue weighted by Gasteiger charge is -2.36. The first kappa shape index (κ1) is 15.5. The highest BCUT2D eigenvalue weighted by molar-refractivity contribution is 5.78. The minimum Gasteiger partial charge on any atom is -0.493 e. The minimum absolute atomic E-state index is 0.0114. The average molecular weight is 295 g/mol. The molecule has 5 nitrogen and oxygen atoms in total. The summed E-state index contributed by atoms with van der Waals surface area (Å²) in [5.74, 6) is 0.890. The Morgan fingerprint density at radius 2 is 1.95 bits per heavy atom. The van der Waals surface area contributed by atoms with Gasteiger partial charge in [0.25, 0.3) is 0 Å². The van der Waals surface area contributed by atoms with Gasteiger partial charge in [-0.05, 0) is 6.92 Å². The molecule has 1 aromatic heterocycles.